The Balaban J connectivity index is 2.14. The smallest absolute Gasteiger partial charge is 0.306 e. The molecular weight excluding hydrogens is 236 g/mol. The molecule has 1 rings (SSSR count). The Morgan fingerprint density at radius 1 is 1.16 bits per heavy atom. The lowest BCUT2D eigenvalue weighted by atomic mass is 10.2. The van der Waals surface area contributed by atoms with Crippen LogP contribution in [0.4, 0.5) is 0 Å². The molecule has 0 saturated heterocycles. The molecule has 104 valence electrons. The van der Waals surface area contributed by atoms with Crippen LogP contribution in [0, 0.1) is 6.92 Å². The maximum absolute atomic E-state index is 11.5. The molecule has 2 heteroatoms. The van der Waals surface area contributed by atoms with Crippen molar-refractivity contribution < 1.29 is 9.53 Å². The molecule has 0 bridgehead atoms. The first-order valence-electron chi connectivity index (χ1n) is 7.08. The van der Waals surface area contributed by atoms with Crippen LogP contribution in [-0.4, -0.2) is 5.97 Å². The summed E-state index contributed by atoms with van der Waals surface area (Å²) in [4.78, 5) is 11.5. The topological polar surface area (TPSA) is 26.3 Å². The number of hydrogen-bond donors (Lipinski definition) is 0. The van der Waals surface area contributed by atoms with Crippen molar-refractivity contribution in [1.82, 2.24) is 0 Å². The summed E-state index contributed by atoms with van der Waals surface area (Å²) >= 11 is 0. The van der Waals surface area contributed by atoms with Crippen LogP contribution < -0.4 is 0 Å². The van der Waals surface area contributed by atoms with Crippen molar-refractivity contribution in [2.45, 2.75) is 52.6 Å². The summed E-state index contributed by atoms with van der Waals surface area (Å²) in [6.45, 7) is 4.59. The zero-order chi connectivity index (χ0) is 13.9. The summed E-state index contributed by atoms with van der Waals surface area (Å²) in [5.41, 5.74) is 2.25. The van der Waals surface area contributed by atoms with Crippen LogP contribution in [0.15, 0.2) is 36.4 Å². The Morgan fingerprint density at radius 2 is 1.84 bits per heavy atom. The standard InChI is InChI=1S/C17H24O2/c1-3-4-5-6-7-8-9-17(18)19-14-16-12-10-15(2)11-13-16/h6-7,10-13H,3-5,8-9,14H2,1-2H3/b7-6+. The van der Waals surface area contributed by atoms with Gasteiger partial charge in [-0.3, -0.25) is 4.79 Å². The van der Waals surface area contributed by atoms with Gasteiger partial charge in [0.15, 0.2) is 0 Å². The van der Waals surface area contributed by atoms with Gasteiger partial charge in [-0.25, -0.2) is 0 Å². The average molecular weight is 260 g/mol. The molecule has 0 spiro atoms. The monoisotopic (exact) mass is 260 g/mol. The van der Waals surface area contributed by atoms with E-state index in [1.54, 1.807) is 0 Å². The van der Waals surface area contributed by atoms with Gasteiger partial charge in [-0.15, -0.1) is 0 Å². The molecule has 0 aromatic heterocycles. The molecule has 0 aliphatic heterocycles. The van der Waals surface area contributed by atoms with E-state index in [2.05, 4.69) is 19.1 Å². The Hall–Kier alpha value is -1.57. The van der Waals surface area contributed by atoms with E-state index in [1.807, 2.05) is 31.2 Å². The summed E-state index contributed by atoms with van der Waals surface area (Å²) in [5.74, 6) is -0.124. The maximum Gasteiger partial charge on any atom is 0.306 e. The minimum Gasteiger partial charge on any atom is -0.461 e. The fourth-order valence-electron chi connectivity index (χ4n) is 1.68. The van der Waals surface area contributed by atoms with E-state index < -0.39 is 0 Å². The largest absolute Gasteiger partial charge is 0.461 e. The SMILES string of the molecule is CCCC/C=C/CCC(=O)OCc1ccc(C)cc1. The lowest BCUT2D eigenvalue weighted by Crippen LogP contribution is -2.03. The van der Waals surface area contributed by atoms with Crippen LogP contribution in [0.3, 0.4) is 0 Å². The quantitative estimate of drug-likeness (QED) is 0.389. The number of benzene rings is 1. The summed E-state index contributed by atoms with van der Waals surface area (Å²) in [6.07, 6.45) is 9.00. The van der Waals surface area contributed by atoms with Crippen molar-refractivity contribution in [2.75, 3.05) is 0 Å². The highest BCUT2D eigenvalue weighted by atomic mass is 16.5. The Kier molecular flexibility index (Phi) is 7.64. The molecule has 19 heavy (non-hydrogen) atoms. The third kappa shape index (κ3) is 7.45. The van der Waals surface area contributed by atoms with E-state index >= 15 is 0 Å². The van der Waals surface area contributed by atoms with E-state index in [0.717, 1.165) is 18.4 Å². The van der Waals surface area contributed by atoms with Gasteiger partial charge < -0.3 is 4.74 Å². The number of carbonyl (C=O) groups excluding carboxylic acids is 1. The van der Waals surface area contributed by atoms with Crippen molar-refractivity contribution in [3.8, 4) is 0 Å². The third-order valence-electron chi connectivity index (χ3n) is 2.93. The van der Waals surface area contributed by atoms with Crippen molar-refractivity contribution in [2.24, 2.45) is 0 Å². The molecule has 0 amide bonds. The molecular formula is C17H24O2. The zero-order valence-electron chi connectivity index (χ0n) is 12.0. The van der Waals surface area contributed by atoms with Gasteiger partial charge in [0.25, 0.3) is 0 Å². The van der Waals surface area contributed by atoms with Crippen LogP contribution in [0.25, 0.3) is 0 Å². The van der Waals surface area contributed by atoms with Gasteiger partial charge in [0.1, 0.15) is 6.61 Å². The number of allylic oxidation sites excluding steroid dienone is 2. The number of aryl methyl sites for hydroxylation is 1. The first kappa shape index (κ1) is 15.5. The first-order chi connectivity index (χ1) is 9.22. The van der Waals surface area contributed by atoms with Crippen LogP contribution in [0.2, 0.25) is 0 Å². The predicted molar refractivity (Wildman–Crippen MR) is 78.9 cm³/mol. The molecule has 1 aromatic rings. The minimum atomic E-state index is -0.124. The van der Waals surface area contributed by atoms with Crippen molar-refractivity contribution in [3.05, 3.63) is 47.5 Å². The van der Waals surface area contributed by atoms with Crippen molar-refractivity contribution >= 4 is 5.97 Å². The average Bonchev–Trinajstić information content (AvgIpc) is 2.42. The minimum absolute atomic E-state index is 0.124. The maximum atomic E-state index is 11.5. The van der Waals surface area contributed by atoms with Crippen LogP contribution in [0.5, 0.6) is 0 Å². The summed E-state index contributed by atoms with van der Waals surface area (Å²) in [5, 5.41) is 0. The fourth-order valence-corrected chi connectivity index (χ4v) is 1.68. The molecule has 0 radical (unpaired) electrons. The Bertz CT molecular complexity index is 390. The van der Waals surface area contributed by atoms with Gasteiger partial charge in [-0.05, 0) is 25.3 Å². The van der Waals surface area contributed by atoms with Gasteiger partial charge in [-0.2, -0.15) is 0 Å². The number of esters is 1. The fraction of sp³-hybridized carbons (Fsp3) is 0.471. The predicted octanol–water partition coefficient (Wildman–Crippen LogP) is 4.56. The highest BCUT2D eigenvalue weighted by Gasteiger charge is 2.01. The van der Waals surface area contributed by atoms with Crippen LogP contribution in [0.1, 0.15) is 50.2 Å². The molecule has 0 atom stereocenters. The lowest BCUT2D eigenvalue weighted by molar-refractivity contribution is -0.144. The van der Waals surface area contributed by atoms with Gasteiger partial charge in [0.2, 0.25) is 0 Å². The summed E-state index contributed by atoms with van der Waals surface area (Å²) < 4.78 is 5.22. The van der Waals surface area contributed by atoms with E-state index in [1.165, 1.54) is 18.4 Å². The van der Waals surface area contributed by atoms with E-state index in [4.69, 9.17) is 4.74 Å². The van der Waals surface area contributed by atoms with Gasteiger partial charge in [0.05, 0.1) is 0 Å². The Labute approximate surface area is 116 Å². The molecule has 0 saturated carbocycles. The highest BCUT2D eigenvalue weighted by molar-refractivity contribution is 5.69. The molecule has 0 N–H and O–H groups in total. The molecule has 0 heterocycles. The molecule has 0 aliphatic rings. The van der Waals surface area contributed by atoms with Crippen LogP contribution in [-0.2, 0) is 16.1 Å². The second-order valence-electron chi connectivity index (χ2n) is 4.80. The van der Waals surface area contributed by atoms with Crippen LogP contribution >= 0.6 is 0 Å². The van der Waals surface area contributed by atoms with E-state index in [9.17, 15) is 4.79 Å². The number of rotatable bonds is 8. The molecule has 0 aliphatic carbocycles. The molecule has 0 unspecified atom stereocenters. The summed E-state index contributed by atoms with van der Waals surface area (Å²) in [7, 11) is 0. The second kappa shape index (κ2) is 9.37. The van der Waals surface area contributed by atoms with Gasteiger partial charge in [0, 0.05) is 6.42 Å². The Morgan fingerprint density at radius 3 is 2.53 bits per heavy atom. The zero-order valence-corrected chi connectivity index (χ0v) is 12.0. The van der Waals surface area contributed by atoms with E-state index in [0.29, 0.717) is 13.0 Å². The number of carbonyl (C=O) groups is 1. The van der Waals surface area contributed by atoms with Crippen molar-refractivity contribution in [1.29, 1.82) is 0 Å². The molecule has 2 nitrogen and oxygen atoms in total. The van der Waals surface area contributed by atoms with Gasteiger partial charge in [-0.1, -0.05) is 61.7 Å². The highest BCUT2D eigenvalue weighted by Crippen LogP contribution is 2.06. The first-order valence-corrected chi connectivity index (χ1v) is 7.08. The lowest BCUT2D eigenvalue weighted by Gasteiger charge is -2.04. The normalized spacial score (nSPS) is 10.8. The van der Waals surface area contributed by atoms with Crippen molar-refractivity contribution in [3.63, 3.8) is 0 Å². The summed E-state index contributed by atoms with van der Waals surface area (Å²) in [6, 6.07) is 8.04. The second-order valence-corrected chi connectivity index (χ2v) is 4.80. The third-order valence-corrected chi connectivity index (χ3v) is 2.93. The number of unbranched alkanes of at least 4 members (excludes halogenated alkanes) is 2. The number of hydrogen-bond acceptors (Lipinski definition) is 2. The number of ether oxygens (including phenoxy) is 1. The van der Waals surface area contributed by atoms with Gasteiger partial charge >= 0.3 is 5.97 Å². The van der Waals surface area contributed by atoms with E-state index in [-0.39, 0.29) is 5.97 Å². The molecule has 1 aromatic carbocycles. The molecule has 0 fully saturated rings.